The first-order chi connectivity index (χ1) is 12.4. The Hall–Kier alpha value is -1.38. The van der Waals surface area contributed by atoms with Crippen LogP contribution in [0.25, 0.3) is 0 Å². The lowest BCUT2D eigenvalue weighted by Crippen LogP contribution is -2.51. The molecule has 0 aliphatic carbocycles. The Morgan fingerprint density at radius 1 is 1.22 bits per heavy atom. The molecular weight excluding hydrogens is 390 g/mol. The fourth-order valence-electron chi connectivity index (χ4n) is 4.67. The van der Waals surface area contributed by atoms with Crippen molar-refractivity contribution in [1.29, 1.82) is 0 Å². The molecule has 27 heavy (non-hydrogen) atoms. The van der Waals surface area contributed by atoms with Gasteiger partial charge in [0, 0.05) is 43.2 Å². The van der Waals surface area contributed by atoms with Crippen molar-refractivity contribution in [2.45, 2.75) is 31.2 Å². The Balaban J connectivity index is 0.00000210. The van der Waals surface area contributed by atoms with Gasteiger partial charge in [0.15, 0.2) is 0 Å². The summed E-state index contributed by atoms with van der Waals surface area (Å²) in [5.41, 5.74) is 1.03. The molecule has 150 valence electrons. The maximum Gasteiger partial charge on any atom is 0.251 e. The number of hydrogen-bond acceptors (Lipinski definition) is 5. The summed E-state index contributed by atoms with van der Waals surface area (Å²) in [5.74, 6) is 0.505. The summed E-state index contributed by atoms with van der Waals surface area (Å²) in [5, 5.41) is 6.44. The molecule has 3 atom stereocenters. The molecule has 0 unspecified atom stereocenters. The SMILES string of the molecule is Cl.O=C(NC[C@H]1[C@@H]2CNC[C@@H](C2)c2cccc(=O)n21)C1CCS(=O)(=O)CC1. The Morgan fingerprint density at radius 3 is 2.70 bits per heavy atom. The third-order valence-corrected chi connectivity index (χ3v) is 7.83. The maximum atomic E-state index is 12.5. The zero-order valence-electron chi connectivity index (χ0n) is 15.1. The smallest absolute Gasteiger partial charge is 0.251 e. The number of nitrogens with zero attached hydrogens (tertiary/aromatic N) is 1. The van der Waals surface area contributed by atoms with Gasteiger partial charge in [-0.3, -0.25) is 9.59 Å². The van der Waals surface area contributed by atoms with Crippen LogP contribution in [0, 0.1) is 11.8 Å². The van der Waals surface area contributed by atoms with Crippen LogP contribution in [-0.2, 0) is 14.6 Å². The molecule has 1 amide bonds. The van der Waals surface area contributed by atoms with E-state index >= 15 is 0 Å². The van der Waals surface area contributed by atoms with Crippen LogP contribution in [0.15, 0.2) is 23.0 Å². The van der Waals surface area contributed by atoms with E-state index in [1.165, 1.54) is 0 Å². The number of aromatic nitrogens is 1. The molecular formula is C18H26ClN3O4S. The highest BCUT2D eigenvalue weighted by molar-refractivity contribution is 7.91. The number of pyridine rings is 1. The number of nitrogens with one attached hydrogen (secondary N) is 2. The second-order valence-corrected chi connectivity index (χ2v) is 10.1. The number of piperidine rings is 1. The quantitative estimate of drug-likeness (QED) is 0.747. The van der Waals surface area contributed by atoms with E-state index in [2.05, 4.69) is 10.6 Å². The molecule has 4 rings (SSSR count). The Bertz CT molecular complexity index is 856. The van der Waals surface area contributed by atoms with Crippen LogP contribution >= 0.6 is 12.4 Å². The molecule has 1 aromatic rings. The van der Waals surface area contributed by atoms with Gasteiger partial charge in [0.2, 0.25) is 5.91 Å². The van der Waals surface area contributed by atoms with Gasteiger partial charge in [0.05, 0.1) is 17.5 Å². The topological polar surface area (TPSA) is 97.3 Å². The molecule has 2 bridgehead atoms. The van der Waals surface area contributed by atoms with Gasteiger partial charge < -0.3 is 15.2 Å². The van der Waals surface area contributed by atoms with Crippen LogP contribution in [0.2, 0.25) is 0 Å². The van der Waals surface area contributed by atoms with E-state index in [0.29, 0.717) is 31.2 Å². The molecule has 2 fully saturated rings. The lowest BCUT2D eigenvalue weighted by Gasteiger charge is -2.43. The van der Waals surface area contributed by atoms with Crippen LogP contribution in [0.3, 0.4) is 0 Å². The van der Waals surface area contributed by atoms with E-state index in [1.807, 2.05) is 10.6 Å². The van der Waals surface area contributed by atoms with Crippen molar-refractivity contribution in [3.63, 3.8) is 0 Å². The fraction of sp³-hybridized carbons (Fsp3) is 0.667. The normalized spacial score (nSPS) is 29.3. The largest absolute Gasteiger partial charge is 0.354 e. The van der Waals surface area contributed by atoms with Crippen molar-refractivity contribution < 1.29 is 13.2 Å². The van der Waals surface area contributed by atoms with Crippen LogP contribution in [0.1, 0.15) is 36.9 Å². The zero-order valence-corrected chi connectivity index (χ0v) is 16.7. The highest BCUT2D eigenvalue weighted by Crippen LogP contribution is 2.38. The van der Waals surface area contributed by atoms with Gasteiger partial charge in [-0.2, -0.15) is 0 Å². The highest BCUT2D eigenvalue weighted by atomic mass is 35.5. The number of fused-ring (bicyclic) bond motifs is 4. The molecule has 3 aliphatic rings. The molecule has 1 aromatic heterocycles. The Morgan fingerprint density at radius 2 is 1.96 bits per heavy atom. The predicted molar refractivity (Wildman–Crippen MR) is 105 cm³/mol. The summed E-state index contributed by atoms with van der Waals surface area (Å²) in [6.45, 7) is 2.15. The summed E-state index contributed by atoms with van der Waals surface area (Å²) < 4.78 is 24.9. The van der Waals surface area contributed by atoms with Crippen molar-refractivity contribution in [3.05, 3.63) is 34.2 Å². The van der Waals surface area contributed by atoms with E-state index in [9.17, 15) is 18.0 Å². The van der Waals surface area contributed by atoms with Crippen LogP contribution in [0.4, 0.5) is 0 Å². The van der Waals surface area contributed by atoms with Gasteiger partial charge >= 0.3 is 0 Å². The minimum Gasteiger partial charge on any atom is -0.354 e. The van der Waals surface area contributed by atoms with Crippen LogP contribution in [-0.4, -0.2) is 50.0 Å². The lowest BCUT2D eigenvalue weighted by atomic mass is 9.79. The number of halogens is 1. The molecule has 2 saturated heterocycles. The van der Waals surface area contributed by atoms with Gasteiger partial charge in [0.25, 0.3) is 5.56 Å². The van der Waals surface area contributed by atoms with E-state index in [1.54, 1.807) is 12.1 Å². The van der Waals surface area contributed by atoms with Gasteiger partial charge in [-0.05, 0) is 31.2 Å². The fourth-order valence-corrected chi connectivity index (χ4v) is 6.16. The molecule has 7 nitrogen and oxygen atoms in total. The number of sulfone groups is 1. The summed E-state index contributed by atoms with van der Waals surface area (Å²) in [4.78, 5) is 25.0. The van der Waals surface area contributed by atoms with Gasteiger partial charge in [-0.1, -0.05) is 6.07 Å². The maximum absolute atomic E-state index is 12.5. The highest BCUT2D eigenvalue weighted by Gasteiger charge is 2.38. The molecule has 3 aliphatic heterocycles. The summed E-state index contributed by atoms with van der Waals surface area (Å²) >= 11 is 0. The monoisotopic (exact) mass is 415 g/mol. The van der Waals surface area contributed by atoms with E-state index in [-0.39, 0.29) is 47.3 Å². The summed E-state index contributed by atoms with van der Waals surface area (Å²) in [6, 6.07) is 5.34. The molecule has 0 spiro atoms. The Kier molecular flexibility index (Phi) is 5.98. The minimum atomic E-state index is -2.98. The van der Waals surface area contributed by atoms with Crippen molar-refractivity contribution in [2.75, 3.05) is 31.1 Å². The van der Waals surface area contributed by atoms with Crippen molar-refractivity contribution in [3.8, 4) is 0 Å². The number of carbonyl (C=O) groups excluding carboxylic acids is 1. The van der Waals surface area contributed by atoms with Crippen molar-refractivity contribution in [2.24, 2.45) is 11.8 Å². The first-order valence-corrected chi connectivity index (χ1v) is 11.2. The van der Waals surface area contributed by atoms with E-state index in [4.69, 9.17) is 0 Å². The predicted octanol–water partition coefficient (Wildman–Crippen LogP) is 0.459. The van der Waals surface area contributed by atoms with Crippen LogP contribution < -0.4 is 16.2 Å². The average molecular weight is 416 g/mol. The number of amides is 1. The molecule has 9 heteroatoms. The zero-order chi connectivity index (χ0) is 18.3. The Labute approximate surface area is 165 Å². The summed E-state index contributed by atoms with van der Waals surface area (Å²) in [6.07, 6.45) is 1.81. The molecule has 0 aromatic carbocycles. The molecule has 0 saturated carbocycles. The molecule has 2 N–H and O–H groups in total. The number of rotatable bonds is 3. The lowest BCUT2D eigenvalue weighted by molar-refractivity contribution is -0.125. The average Bonchev–Trinajstić information content (AvgIpc) is 2.62. The second kappa shape index (κ2) is 7.93. The first-order valence-electron chi connectivity index (χ1n) is 9.35. The van der Waals surface area contributed by atoms with Gasteiger partial charge in [0.1, 0.15) is 9.84 Å². The third kappa shape index (κ3) is 4.07. The first kappa shape index (κ1) is 20.4. The van der Waals surface area contributed by atoms with E-state index < -0.39 is 9.84 Å². The van der Waals surface area contributed by atoms with E-state index in [0.717, 1.165) is 25.2 Å². The van der Waals surface area contributed by atoms with Crippen molar-refractivity contribution >= 4 is 28.2 Å². The minimum absolute atomic E-state index is 0. The number of carbonyl (C=O) groups is 1. The molecule has 0 radical (unpaired) electrons. The van der Waals surface area contributed by atoms with Crippen molar-refractivity contribution in [1.82, 2.24) is 15.2 Å². The summed E-state index contributed by atoms with van der Waals surface area (Å²) in [7, 11) is -2.98. The van der Waals surface area contributed by atoms with Gasteiger partial charge in [-0.25, -0.2) is 8.42 Å². The molecule has 4 heterocycles. The number of hydrogen-bond donors (Lipinski definition) is 2. The van der Waals surface area contributed by atoms with Crippen LogP contribution in [0.5, 0.6) is 0 Å². The van der Waals surface area contributed by atoms with Gasteiger partial charge in [-0.15, -0.1) is 12.4 Å². The standard InChI is InChI=1S/C18H25N3O4S.ClH/c22-17-3-1-2-15-13-8-14(10-19-9-13)16(21(15)17)11-20-18(23)12-4-6-26(24,25)7-5-12;/h1-3,12-14,16,19H,4-11H2,(H,20,23);1H/t13-,14+,16+;/m1./s1. The second-order valence-electron chi connectivity index (χ2n) is 7.75. The third-order valence-electron chi connectivity index (χ3n) is 6.11.